The van der Waals surface area contributed by atoms with Gasteiger partial charge < -0.3 is 4.74 Å². The Labute approximate surface area is 117 Å². The van der Waals surface area contributed by atoms with E-state index < -0.39 is 0 Å². The molecule has 3 nitrogen and oxygen atoms in total. The maximum Gasteiger partial charge on any atom is 0.216 e. The number of nitrogens with zero attached hydrogens (tertiary/aromatic N) is 2. The van der Waals surface area contributed by atoms with Gasteiger partial charge in [-0.15, -0.1) is 11.3 Å². The Morgan fingerprint density at radius 2 is 2.35 bits per heavy atom. The predicted molar refractivity (Wildman–Crippen MR) is 73.3 cm³/mol. The number of halogens is 2. The molecule has 0 radical (unpaired) electrons. The number of thiophene rings is 1. The summed E-state index contributed by atoms with van der Waals surface area (Å²) in [6.45, 7) is 0. The van der Waals surface area contributed by atoms with Crippen LogP contribution in [0.3, 0.4) is 0 Å². The standard InChI is InChI=1S/C11H10BrClN2OS/c1-16-10-5-7(14-6-15-10)4-8(12)11-9(13)2-3-17-11/h2-3,5-6,8H,4H2,1H3. The number of ether oxygens (including phenoxy) is 1. The van der Waals surface area contributed by atoms with Crippen molar-refractivity contribution in [1.82, 2.24) is 9.97 Å². The van der Waals surface area contributed by atoms with Gasteiger partial charge in [0.25, 0.3) is 0 Å². The Kier molecular flexibility index (Phi) is 4.36. The average molecular weight is 334 g/mol. The molecular formula is C11H10BrClN2OS. The first kappa shape index (κ1) is 12.8. The van der Waals surface area contributed by atoms with Crippen LogP contribution in [0.25, 0.3) is 0 Å². The molecule has 2 aromatic heterocycles. The summed E-state index contributed by atoms with van der Waals surface area (Å²) in [6.07, 6.45) is 2.25. The van der Waals surface area contributed by atoms with Gasteiger partial charge in [-0.1, -0.05) is 27.5 Å². The third kappa shape index (κ3) is 3.18. The molecule has 17 heavy (non-hydrogen) atoms. The summed E-state index contributed by atoms with van der Waals surface area (Å²) in [5.74, 6) is 0.576. The molecule has 0 saturated carbocycles. The monoisotopic (exact) mass is 332 g/mol. The summed E-state index contributed by atoms with van der Waals surface area (Å²) >= 11 is 11.3. The summed E-state index contributed by atoms with van der Waals surface area (Å²) in [5.41, 5.74) is 0.920. The topological polar surface area (TPSA) is 35.0 Å². The highest BCUT2D eigenvalue weighted by Gasteiger charge is 2.14. The molecule has 0 aliphatic carbocycles. The molecule has 0 aliphatic heterocycles. The molecule has 0 bridgehead atoms. The van der Waals surface area contributed by atoms with E-state index in [1.165, 1.54) is 6.33 Å². The molecule has 0 amide bonds. The number of aromatic nitrogens is 2. The first-order chi connectivity index (χ1) is 8.20. The number of alkyl halides is 1. The highest BCUT2D eigenvalue weighted by atomic mass is 79.9. The zero-order valence-corrected chi connectivity index (χ0v) is 12.2. The molecule has 2 aromatic rings. The lowest BCUT2D eigenvalue weighted by atomic mass is 10.2. The van der Waals surface area contributed by atoms with Crippen molar-refractivity contribution in [2.24, 2.45) is 0 Å². The Hall–Kier alpha value is -0.650. The fraction of sp³-hybridized carbons (Fsp3) is 0.273. The lowest BCUT2D eigenvalue weighted by molar-refractivity contribution is 0.396. The molecule has 0 aromatic carbocycles. The normalized spacial score (nSPS) is 12.4. The fourth-order valence-electron chi connectivity index (χ4n) is 1.41. The van der Waals surface area contributed by atoms with Crippen molar-refractivity contribution in [3.63, 3.8) is 0 Å². The predicted octanol–water partition coefficient (Wildman–Crippen LogP) is 3.88. The zero-order chi connectivity index (χ0) is 12.3. The Morgan fingerprint density at radius 1 is 1.53 bits per heavy atom. The van der Waals surface area contributed by atoms with Crippen LogP contribution >= 0.6 is 38.9 Å². The number of rotatable bonds is 4. The van der Waals surface area contributed by atoms with Crippen LogP contribution in [0.4, 0.5) is 0 Å². The molecule has 1 unspecified atom stereocenters. The van der Waals surface area contributed by atoms with E-state index in [1.54, 1.807) is 18.4 Å². The Bertz CT molecular complexity index is 506. The van der Waals surface area contributed by atoms with E-state index in [2.05, 4.69) is 25.9 Å². The lowest BCUT2D eigenvalue weighted by Crippen LogP contribution is -1.98. The van der Waals surface area contributed by atoms with Gasteiger partial charge in [0.1, 0.15) is 6.33 Å². The van der Waals surface area contributed by atoms with Gasteiger partial charge in [0.15, 0.2) is 0 Å². The van der Waals surface area contributed by atoms with Gasteiger partial charge in [-0.2, -0.15) is 0 Å². The van der Waals surface area contributed by atoms with E-state index in [9.17, 15) is 0 Å². The second-order valence-electron chi connectivity index (χ2n) is 3.36. The van der Waals surface area contributed by atoms with Gasteiger partial charge in [0.05, 0.1) is 17.0 Å². The quantitative estimate of drug-likeness (QED) is 0.797. The highest BCUT2D eigenvalue weighted by Crippen LogP contribution is 2.36. The SMILES string of the molecule is COc1cc(CC(Br)c2sccc2Cl)ncn1. The van der Waals surface area contributed by atoms with Crippen molar-refractivity contribution < 1.29 is 4.74 Å². The summed E-state index contributed by atoms with van der Waals surface area (Å²) < 4.78 is 5.06. The number of methoxy groups -OCH3 is 1. The first-order valence-corrected chi connectivity index (χ1v) is 7.10. The van der Waals surface area contributed by atoms with Crippen molar-refractivity contribution in [2.75, 3.05) is 7.11 Å². The largest absolute Gasteiger partial charge is 0.481 e. The minimum atomic E-state index is 0.162. The maximum absolute atomic E-state index is 6.08. The van der Waals surface area contributed by atoms with E-state index in [-0.39, 0.29) is 4.83 Å². The molecule has 2 heterocycles. The average Bonchev–Trinajstić information content (AvgIpc) is 2.76. The molecule has 0 aliphatic rings. The number of hydrogen-bond acceptors (Lipinski definition) is 4. The van der Waals surface area contributed by atoms with Crippen molar-refractivity contribution in [3.05, 3.63) is 39.4 Å². The maximum atomic E-state index is 6.08. The summed E-state index contributed by atoms with van der Waals surface area (Å²) in [7, 11) is 1.59. The summed E-state index contributed by atoms with van der Waals surface area (Å²) in [5, 5.41) is 2.77. The van der Waals surface area contributed by atoms with E-state index in [0.29, 0.717) is 5.88 Å². The van der Waals surface area contributed by atoms with E-state index in [1.807, 2.05) is 17.5 Å². The van der Waals surface area contributed by atoms with Crippen LogP contribution in [-0.2, 0) is 6.42 Å². The molecule has 90 valence electrons. The molecule has 1 atom stereocenters. The Morgan fingerprint density at radius 3 is 3.00 bits per heavy atom. The Balaban J connectivity index is 2.13. The smallest absolute Gasteiger partial charge is 0.216 e. The van der Waals surface area contributed by atoms with Gasteiger partial charge in [-0.3, -0.25) is 0 Å². The second-order valence-corrected chi connectivity index (χ2v) is 5.82. The van der Waals surface area contributed by atoms with E-state index >= 15 is 0 Å². The van der Waals surface area contributed by atoms with Crippen LogP contribution in [0.15, 0.2) is 23.8 Å². The van der Waals surface area contributed by atoms with Gasteiger partial charge >= 0.3 is 0 Å². The molecule has 0 saturated heterocycles. The minimum absolute atomic E-state index is 0.162. The first-order valence-electron chi connectivity index (χ1n) is 4.92. The van der Waals surface area contributed by atoms with Crippen LogP contribution in [0.5, 0.6) is 5.88 Å². The second kappa shape index (κ2) is 5.80. The van der Waals surface area contributed by atoms with Crippen LogP contribution in [0.1, 0.15) is 15.4 Å². The summed E-state index contributed by atoms with van der Waals surface area (Å²) in [6, 6.07) is 3.73. The third-order valence-corrected chi connectivity index (χ3v) is 4.78. The van der Waals surface area contributed by atoms with Crippen molar-refractivity contribution >= 4 is 38.9 Å². The van der Waals surface area contributed by atoms with Crippen LogP contribution in [-0.4, -0.2) is 17.1 Å². The van der Waals surface area contributed by atoms with Crippen molar-refractivity contribution in [3.8, 4) is 5.88 Å². The van der Waals surface area contributed by atoms with Crippen LogP contribution in [0, 0.1) is 0 Å². The zero-order valence-electron chi connectivity index (χ0n) is 9.06. The van der Waals surface area contributed by atoms with Gasteiger partial charge in [-0.25, -0.2) is 9.97 Å². The van der Waals surface area contributed by atoms with Gasteiger partial charge in [-0.05, 0) is 11.4 Å². The third-order valence-electron chi connectivity index (χ3n) is 2.23. The van der Waals surface area contributed by atoms with Crippen molar-refractivity contribution in [2.45, 2.75) is 11.2 Å². The highest BCUT2D eigenvalue weighted by molar-refractivity contribution is 9.09. The van der Waals surface area contributed by atoms with E-state index in [4.69, 9.17) is 16.3 Å². The van der Waals surface area contributed by atoms with Crippen molar-refractivity contribution in [1.29, 1.82) is 0 Å². The summed E-state index contributed by atoms with van der Waals surface area (Å²) in [4.78, 5) is 9.46. The molecule has 2 rings (SSSR count). The minimum Gasteiger partial charge on any atom is -0.481 e. The molecule has 6 heteroatoms. The fourth-order valence-corrected chi connectivity index (χ4v) is 3.60. The van der Waals surface area contributed by atoms with Gasteiger partial charge in [0, 0.05) is 23.1 Å². The van der Waals surface area contributed by atoms with Crippen LogP contribution in [0.2, 0.25) is 5.02 Å². The molecule has 0 N–H and O–H groups in total. The van der Waals surface area contributed by atoms with Crippen LogP contribution < -0.4 is 4.74 Å². The lowest BCUT2D eigenvalue weighted by Gasteiger charge is -2.08. The molecular weight excluding hydrogens is 324 g/mol. The van der Waals surface area contributed by atoms with E-state index in [0.717, 1.165) is 22.0 Å². The molecule has 0 spiro atoms. The van der Waals surface area contributed by atoms with Gasteiger partial charge in [0.2, 0.25) is 5.88 Å². The molecule has 0 fully saturated rings. The number of hydrogen-bond donors (Lipinski definition) is 0.